The zero-order valence-electron chi connectivity index (χ0n) is 13.5. The maximum atomic E-state index is 11.9. The van der Waals surface area contributed by atoms with Crippen molar-refractivity contribution in [1.82, 2.24) is 5.32 Å². The topological polar surface area (TPSA) is 83.4 Å². The summed E-state index contributed by atoms with van der Waals surface area (Å²) >= 11 is 0. The molecule has 0 fully saturated rings. The highest BCUT2D eigenvalue weighted by Crippen LogP contribution is 2.16. The summed E-state index contributed by atoms with van der Waals surface area (Å²) in [5, 5.41) is 8.61. The smallest absolute Gasteiger partial charge is 0.291 e. The number of amides is 2. The van der Waals surface area contributed by atoms with Crippen molar-refractivity contribution in [2.24, 2.45) is 0 Å². The predicted octanol–water partition coefficient (Wildman–Crippen LogP) is 2.86. The van der Waals surface area contributed by atoms with Crippen molar-refractivity contribution in [3.05, 3.63) is 48.4 Å². The van der Waals surface area contributed by atoms with E-state index in [9.17, 15) is 9.59 Å². The van der Waals surface area contributed by atoms with Crippen molar-refractivity contribution >= 4 is 23.2 Å². The van der Waals surface area contributed by atoms with E-state index in [-0.39, 0.29) is 29.7 Å². The van der Waals surface area contributed by atoms with Gasteiger partial charge in [-0.3, -0.25) is 9.59 Å². The zero-order valence-corrected chi connectivity index (χ0v) is 13.5. The fourth-order valence-corrected chi connectivity index (χ4v) is 1.83. The van der Waals surface area contributed by atoms with Crippen molar-refractivity contribution in [3.63, 3.8) is 0 Å². The van der Waals surface area contributed by atoms with Crippen LogP contribution < -0.4 is 16.0 Å². The van der Waals surface area contributed by atoms with Crippen LogP contribution in [0.1, 0.15) is 31.3 Å². The minimum Gasteiger partial charge on any atom is -0.459 e. The summed E-state index contributed by atoms with van der Waals surface area (Å²) in [6, 6.07) is 10.2. The minimum atomic E-state index is -0.340. The van der Waals surface area contributed by atoms with Crippen molar-refractivity contribution in [2.75, 3.05) is 17.2 Å². The lowest BCUT2D eigenvalue weighted by Crippen LogP contribution is -2.41. The molecule has 2 rings (SSSR count). The Hall–Kier alpha value is -2.60. The number of benzene rings is 1. The Balaban J connectivity index is 1.94. The summed E-state index contributed by atoms with van der Waals surface area (Å²) in [6.45, 7) is 6.19. The number of hydrogen-bond donors (Lipinski definition) is 3. The van der Waals surface area contributed by atoms with Crippen LogP contribution in [0.2, 0.25) is 0 Å². The minimum absolute atomic E-state index is 0.129. The standard InChI is InChI=1S/C17H21N3O3/c1-17(2,3)18-11-15(21)19-12-6-4-7-13(10-12)20-16(22)14-8-5-9-23-14/h4-10,18H,11H2,1-3H3,(H,19,21)(H,20,22). The molecule has 3 N–H and O–H groups in total. The fraction of sp³-hybridized carbons (Fsp3) is 0.294. The molecule has 0 unspecified atom stereocenters. The molecule has 0 aliphatic carbocycles. The highest BCUT2D eigenvalue weighted by atomic mass is 16.3. The second-order valence-electron chi connectivity index (χ2n) is 6.16. The molecular weight excluding hydrogens is 294 g/mol. The van der Waals surface area contributed by atoms with Crippen molar-refractivity contribution in [3.8, 4) is 0 Å². The fourth-order valence-electron chi connectivity index (χ4n) is 1.83. The van der Waals surface area contributed by atoms with Crippen LogP contribution in [0.25, 0.3) is 0 Å². The highest BCUT2D eigenvalue weighted by Gasteiger charge is 2.12. The van der Waals surface area contributed by atoms with Gasteiger partial charge < -0.3 is 20.4 Å². The number of carbonyl (C=O) groups is 2. The van der Waals surface area contributed by atoms with E-state index in [1.54, 1.807) is 36.4 Å². The molecule has 6 heteroatoms. The van der Waals surface area contributed by atoms with Gasteiger partial charge in [0, 0.05) is 16.9 Å². The van der Waals surface area contributed by atoms with Gasteiger partial charge in [0.25, 0.3) is 5.91 Å². The molecule has 0 radical (unpaired) electrons. The van der Waals surface area contributed by atoms with Gasteiger partial charge in [-0.05, 0) is 51.1 Å². The number of furan rings is 1. The number of rotatable bonds is 5. The Labute approximate surface area is 135 Å². The molecular formula is C17H21N3O3. The molecule has 0 saturated heterocycles. The first-order chi connectivity index (χ1) is 10.8. The molecule has 0 spiro atoms. The van der Waals surface area contributed by atoms with Gasteiger partial charge in [0.1, 0.15) is 0 Å². The van der Waals surface area contributed by atoms with Crippen LogP contribution in [0.15, 0.2) is 47.1 Å². The van der Waals surface area contributed by atoms with Crippen LogP contribution >= 0.6 is 0 Å². The van der Waals surface area contributed by atoms with Gasteiger partial charge in [0.2, 0.25) is 5.91 Å². The Bertz CT molecular complexity index is 673. The SMILES string of the molecule is CC(C)(C)NCC(=O)Nc1cccc(NC(=O)c2ccco2)c1. The normalized spacial score (nSPS) is 11.1. The monoisotopic (exact) mass is 315 g/mol. The van der Waals surface area contributed by atoms with E-state index in [1.165, 1.54) is 6.26 Å². The molecule has 1 aromatic heterocycles. The summed E-state index contributed by atoms with van der Waals surface area (Å²) in [7, 11) is 0. The molecule has 2 amide bonds. The first-order valence-electron chi connectivity index (χ1n) is 7.33. The van der Waals surface area contributed by atoms with Gasteiger partial charge in [-0.15, -0.1) is 0 Å². The Morgan fingerprint density at radius 1 is 1.04 bits per heavy atom. The van der Waals surface area contributed by atoms with E-state index >= 15 is 0 Å². The van der Waals surface area contributed by atoms with Gasteiger partial charge >= 0.3 is 0 Å². The van der Waals surface area contributed by atoms with Gasteiger partial charge in [0.15, 0.2) is 5.76 Å². The molecule has 0 saturated carbocycles. The Morgan fingerprint density at radius 2 is 1.74 bits per heavy atom. The van der Waals surface area contributed by atoms with Crippen molar-refractivity contribution in [2.45, 2.75) is 26.3 Å². The van der Waals surface area contributed by atoms with E-state index in [0.717, 1.165) is 0 Å². The second kappa shape index (κ2) is 7.11. The molecule has 0 atom stereocenters. The van der Waals surface area contributed by atoms with Crippen LogP contribution in [-0.4, -0.2) is 23.9 Å². The van der Waals surface area contributed by atoms with Crippen molar-refractivity contribution < 1.29 is 14.0 Å². The lowest BCUT2D eigenvalue weighted by Gasteiger charge is -2.20. The molecule has 0 bridgehead atoms. The molecule has 1 heterocycles. The number of carbonyl (C=O) groups excluding carboxylic acids is 2. The summed E-state index contributed by atoms with van der Waals surface area (Å²) < 4.78 is 5.04. The average molecular weight is 315 g/mol. The van der Waals surface area contributed by atoms with Crippen LogP contribution in [0.4, 0.5) is 11.4 Å². The van der Waals surface area contributed by atoms with Gasteiger partial charge in [0.05, 0.1) is 12.8 Å². The third-order valence-electron chi connectivity index (χ3n) is 2.93. The van der Waals surface area contributed by atoms with E-state index in [2.05, 4.69) is 16.0 Å². The van der Waals surface area contributed by atoms with Crippen molar-refractivity contribution in [1.29, 1.82) is 0 Å². The van der Waals surface area contributed by atoms with Crippen LogP contribution in [-0.2, 0) is 4.79 Å². The Kier molecular flexibility index (Phi) is 5.18. The summed E-state index contributed by atoms with van der Waals surface area (Å²) in [6.07, 6.45) is 1.44. The van der Waals surface area contributed by atoms with Crippen LogP contribution in [0, 0.1) is 0 Å². The predicted molar refractivity (Wildman–Crippen MR) is 89.5 cm³/mol. The van der Waals surface area contributed by atoms with Gasteiger partial charge in [-0.2, -0.15) is 0 Å². The van der Waals surface area contributed by atoms with Gasteiger partial charge in [-0.25, -0.2) is 0 Å². The van der Waals surface area contributed by atoms with E-state index in [0.29, 0.717) is 11.4 Å². The number of nitrogens with one attached hydrogen (secondary N) is 3. The largest absolute Gasteiger partial charge is 0.459 e. The molecule has 23 heavy (non-hydrogen) atoms. The molecule has 0 aliphatic rings. The molecule has 2 aromatic rings. The van der Waals surface area contributed by atoms with Crippen LogP contribution in [0.3, 0.4) is 0 Å². The zero-order chi connectivity index (χ0) is 16.9. The Morgan fingerprint density at radius 3 is 2.35 bits per heavy atom. The first kappa shape index (κ1) is 16.8. The van der Waals surface area contributed by atoms with Crippen LogP contribution in [0.5, 0.6) is 0 Å². The maximum Gasteiger partial charge on any atom is 0.291 e. The lowest BCUT2D eigenvalue weighted by molar-refractivity contribution is -0.115. The summed E-state index contributed by atoms with van der Waals surface area (Å²) in [5.74, 6) is -0.254. The van der Waals surface area contributed by atoms with E-state index < -0.39 is 0 Å². The summed E-state index contributed by atoms with van der Waals surface area (Å²) in [4.78, 5) is 23.8. The number of hydrogen-bond acceptors (Lipinski definition) is 4. The molecule has 1 aromatic carbocycles. The third-order valence-corrected chi connectivity index (χ3v) is 2.93. The van der Waals surface area contributed by atoms with Gasteiger partial charge in [-0.1, -0.05) is 6.07 Å². The number of anilines is 2. The molecule has 122 valence electrons. The third kappa shape index (κ3) is 5.60. The van der Waals surface area contributed by atoms with E-state index in [1.807, 2.05) is 20.8 Å². The quantitative estimate of drug-likeness (QED) is 0.792. The highest BCUT2D eigenvalue weighted by molar-refractivity contribution is 6.02. The maximum absolute atomic E-state index is 11.9. The lowest BCUT2D eigenvalue weighted by atomic mass is 10.1. The van der Waals surface area contributed by atoms with E-state index in [4.69, 9.17) is 4.42 Å². The first-order valence-corrected chi connectivity index (χ1v) is 7.33. The molecule has 6 nitrogen and oxygen atoms in total. The second-order valence-corrected chi connectivity index (χ2v) is 6.16. The average Bonchev–Trinajstić information content (AvgIpc) is 2.99. The molecule has 0 aliphatic heterocycles. The summed E-state index contributed by atoms with van der Waals surface area (Å²) in [5.41, 5.74) is 1.06.